The number of hydrogen-bond acceptors (Lipinski definition) is 2. The van der Waals surface area contributed by atoms with Crippen molar-refractivity contribution in [1.29, 1.82) is 0 Å². The van der Waals surface area contributed by atoms with E-state index in [4.69, 9.17) is 0 Å². The van der Waals surface area contributed by atoms with Gasteiger partial charge in [-0.05, 0) is 54.8 Å². The number of hydrogen-bond donors (Lipinski definition) is 2. The molecule has 0 spiro atoms. The molecule has 0 saturated heterocycles. The van der Waals surface area contributed by atoms with Crippen LogP contribution in [0.2, 0.25) is 0 Å². The molecule has 0 unspecified atom stereocenters. The van der Waals surface area contributed by atoms with E-state index in [1.807, 2.05) is 6.07 Å². The smallest absolute Gasteiger partial charge is 0.255 e. The van der Waals surface area contributed by atoms with E-state index in [-0.39, 0.29) is 11.5 Å². The van der Waals surface area contributed by atoms with Crippen molar-refractivity contribution in [3.63, 3.8) is 0 Å². The second-order valence-electron chi connectivity index (χ2n) is 5.04. The Hall–Kier alpha value is -2.95. The number of nitrogens with one attached hydrogen (secondary N) is 2. The first kappa shape index (κ1) is 14.0. The second-order valence-corrected chi connectivity index (χ2v) is 5.04. The van der Waals surface area contributed by atoms with Gasteiger partial charge in [-0.2, -0.15) is 0 Å². The van der Waals surface area contributed by atoms with Gasteiger partial charge in [0.1, 0.15) is 5.82 Å². The number of amides is 1. The Balaban J connectivity index is 1.90. The molecule has 0 bridgehead atoms. The number of carbonyl (C=O) groups excluding carboxylic acids is 1. The first-order valence-electron chi connectivity index (χ1n) is 6.73. The summed E-state index contributed by atoms with van der Waals surface area (Å²) in [6.07, 6.45) is 0. The third-order valence-corrected chi connectivity index (χ3v) is 3.40. The van der Waals surface area contributed by atoms with Gasteiger partial charge in [0.05, 0.1) is 5.52 Å². The van der Waals surface area contributed by atoms with Crippen LogP contribution in [0, 0.1) is 12.7 Å². The van der Waals surface area contributed by atoms with E-state index in [9.17, 15) is 14.0 Å². The van der Waals surface area contributed by atoms with E-state index in [2.05, 4.69) is 10.3 Å². The van der Waals surface area contributed by atoms with Crippen LogP contribution in [-0.2, 0) is 0 Å². The van der Waals surface area contributed by atoms with Crippen LogP contribution in [0.3, 0.4) is 0 Å². The normalized spacial score (nSPS) is 10.6. The number of rotatable bonds is 2. The SMILES string of the molecule is Cc1cc2ccc(NC(=O)c3ccc(F)cc3)cc2[nH]c1=O. The molecule has 0 saturated carbocycles. The molecule has 0 fully saturated rings. The van der Waals surface area contributed by atoms with E-state index in [1.165, 1.54) is 24.3 Å². The predicted octanol–water partition coefficient (Wildman–Crippen LogP) is 3.23. The third kappa shape index (κ3) is 2.74. The molecule has 0 aliphatic heterocycles. The fourth-order valence-electron chi connectivity index (χ4n) is 2.19. The Morgan fingerprint density at radius 2 is 1.82 bits per heavy atom. The van der Waals surface area contributed by atoms with E-state index < -0.39 is 5.82 Å². The molecule has 0 radical (unpaired) electrons. The Kier molecular flexibility index (Phi) is 3.47. The molecule has 5 heteroatoms. The summed E-state index contributed by atoms with van der Waals surface area (Å²) in [6.45, 7) is 1.74. The number of aryl methyl sites for hydroxylation is 1. The fraction of sp³-hybridized carbons (Fsp3) is 0.0588. The minimum Gasteiger partial charge on any atom is -0.322 e. The number of anilines is 1. The van der Waals surface area contributed by atoms with Gasteiger partial charge >= 0.3 is 0 Å². The molecular formula is C17H13FN2O2. The Morgan fingerprint density at radius 1 is 1.09 bits per heavy atom. The average Bonchev–Trinajstić information content (AvgIpc) is 2.49. The lowest BCUT2D eigenvalue weighted by Gasteiger charge is -2.07. The summed E-state index contributed by atoms with van der Waals surface area (Å²) in [5.74, 6) is -0.732. The van der Waals surface area contributed by atoms with E-state index >= 15 is 0 Å². The van der Waals surface area contributed by atoms with Crippen LogP contribution in [0.4, 0.5) is 10.1 Å². The summed E-state index contributed by atoms with van der Waals surface area (Å²) in [5.41, 5.74) is 2.04. The van der Waals surface area contributed by atoms with Gasteiger partial charge in [-0.25, -0.2) is 4.39 Å². The first-order valence-corrected chi connectivity index (χ1v) is 6.73. The van der Waals surface area contributed by atoms with Gasteiger partial charge in [-0.1, -0.05) is 6.07 Å². The third-order valence-electron chi connectivity index (χ3n) is 3.40. The van der Waals surface area contributed by atoms with Crippen molar-refractivity contribution in [2.75, 3.05) is 5.32 Å². The number of fused-ring (bicyclic) bond motifs is 1. The highest BCUT2D eigenvalue weighted by Crippen LogP contribution is 2.17. The lowest BCUT2D eigenvalue weighted by Crippen LogP contribution is -2.12. The highest BCUT2D eigenvalue weighted by atomic mass is 19.1. The van der Waals surface area contributed by atoms with Crippen LogP contribution >= 0.6 is 0 Å². The van der Waals surface area contributed by atoms with Gasteiger partial charge in [-0.3, -0.25) is 9.59 Å². The summed E-state index contributed by atoms with van der Waals surface area (Å²) >= 11 is 0. The quantitative estimate of drug-likeness (QED) is 0.762. The number of aromatic nitrogens is 1. The van der Waals surface area contributed by atoms with Crippen LogP contribution in [0.5, 0.6) is 0 Å². The Bertz CT molecular complexity index is 914. The number of benzene rings is 2. The summed E-state index contributed by atoms with van der Waals surface area (Å²) in [4.78, 5) is 26.5. The Morgan fingerprint density at radius 3 is 2.55 bits per heavy atom. The summed E-state index contributed by atoms with van der Waals surface area (Å²) in [5, 5.41) is 3.61. The lowest BCUT2D eigenvalue weighted by atomic mass is 10.1. The highest BCUT2D eigenvalue weighted by molar-refractivity contribution is 6.05. The topological polar surface area (TPSA) is 62.0 Å². The van der Waals surface area contributed by atoms with Gasteiger partial charge in [0.2, 0.25) is 0 Å². The van der Waals surface area contributed by atoms with Crippen LogP contribution in [0.15, 0.2) is 53.3 Å². The molecule has 0 atom stereocenters. The van der Waals surface area contributed by atoms with Crippen molar-refractivity contribution in [1.82, 2.24) is 4.98 Å². The number of halogens is 1. The predicted molar refractivity (Wildman–Crippen MR) is 83.7 cm³/mol. The number of aromatic amines is 1. The minimum absolute atomic E-state index is 0.158. The molecule has 1 aromatic heterocycles. The lowest BCUT2D eigenvalue weighted by molar-refractivity contribution is 0.102. The highest BCUT2D eigenvalue weighted by Gasteiger charge is 2.07. The molecule has 3 rings (SSSR count). The van der Waals surface area contributed by atoms with Gasteiger partial charge < -0.3 is 10.3 Å². The zero-order chi connectivity index (χ0) is 15.7. The van der Waals surface area contributed by atoms with E-state index in [0.29, 0.717) is 22.3 Å². The minimum atomic E-state index is -0.393. The van der Waals surface area contributed by atoms with Crippen molar-refractivity contribution in [3.8, 4) is 0 Å². The monoisotopic (exact) mass is 296 g/mol. The van der Waals surface area contributed by atoms with Crippen LogP contribution < -0.4 is 10.9 Å². The largest absolute Gasteiger partial charge is 0.322 e. The van der Waals surface area contributed by atoms with Crippen LogP contribution in [0.25, 0.3) is 10.9 Å². The van der Waals surface area contributed by atoms with Crippen molar-refractivity contribution in [2.45, 2.75) is 6.92 Å². The maximum absolute atomic E-state index is 12.9. The number of H-pyrrole nitrogens is 1. The molecule has 1 heterocycles. The second kappa shape index (κ2) is 5.44. The van der Waals surface area contributed by atoms with Gasteiger partial charge in [0.15, 0.2) is 0 Å². The van der Waals surface area contributed by atoms with Gasteiger partial charge in [0, 0.05) is 16.8 Å². The van der Waals surface area contributed by atoms with Crippen LogP contribution in [-0.4, -0.2) is 10.9 Å². The molecular weight excluding hydrogens is 283 g/mol. The number of carbonyl (C=O) groups is 1. The molecule has 2 aromatic carbocycles. The molecule has 2 N–H and O–H groups in total. The van der Waals surface area contributed by atoms with Crippen molar-refractivity contribution in [2.24, 2.45) is 0 Å². The first-order chi connectivity index (χ1) is 10.5. The van der Waals surface area contributed by atoms with Crippen molar-refractivity contribution in [3.05, 3.63) is 75.8 Å². The van der Waals surface area contributed by atoms with Crippen LogP contribution in [0.1, 0.15) is 15.9 Å². The van der Waals surface area contributed by atoms with Crippen molar-refractivity contribution >= 4 is 22.5 Å². The fourth-order valence-corrected chi connectivity index (χ4v) is 2.19. The molecule has 110 valence electrons. The molecule has 0 aliphatic rings. The van der Waals surface area contributed by atoms with Gasteiger partial charge in [0.25, 0.3) is 11.5 Å². The summed E-state index contributed by atoms with van der Waals surface area (Å²) in [6, 6.07) is 12.3. The molecule has 1 amide bonds. The zero-order valence-corrected chi connectivity index (χ0v) is 11.8. The molecule has 4 nitrogen and oxygen atoms in total. The Labute approximate surface area is 125 Å². The van der Waals surface area contributed by atoms with Crippen molar-refractivity contribution < 1.29 is 9.18 Å². The van der Waals surface area contributed by atoms with E-state index in [1.54, 1.807) is 25.1 Å². The summed E-state index contributed by atoms with van der Waals surface area (Å²) in [7, 11) is 0. The zero-order valence-electron chi connectivity index (χ0n) is 11.8. The maximum Gasteiger partial charge on any atom is 0.255 e. The molecule has 3 aromatic rings. The maximum atomic E-state index is 12.9. The van der Waals surface area contributed by atoms with E-state index in [0.717, 1.165) is 5.39 Å². The average molecular weight is 296 g/mol. The van der Waals surface area contributed by atoms with Gasteiger partial charge in [-0.15, -0.1) is 0 Å². The standard InChI is InChI=1S/C17H13FN2O2/c1-10-8-12-4-7-14(9-15(12)20-16(10)21)19-17(22)11-2-5-13(18)6-3-11/h2-9H,1H3,(H,19,22)(H,20,21). The molecule has 22 heavy (non-hydrogen) atoms. The summed E-state index contributed by atoms with van der Waals surface area (Å²) < 4.78 is 12.9. The molecule has 0 aliphatic carbocycles. The number of pyridine rings is 1.